The summed E-state index contributed by atoms with van der Waals surface area (Å²) < 4.78 is 11.3. The smallest absolute Gasteiger partial charge is 0.308 e. The molecule has 2 aromatic carbocycles. The number of halogens is 2. The first-order chi connectivity index (χ1) is 12.5. The Morgan fingerprint density at radius 3 is 2.73 bits per heavy atom. The number of aromatic nitrogens is 1. The SMILES string of the molecule is COc1cccc2ccc(C=Cc3cc(Cl)cc(Br)c3OC(C)=O)nc12. The molecular weight excluding hydrogens is 418 g/mol. The molecule has 3 rings (SSSR count). The van der Waals surface area contributed by atoms with Gasteiger partial charge >= 0.3 is 5.97 Å². The third kappa shape index (κ3) is 4.06. The van der Waals surface area contributed by atoms with Gasteiger partial charge in [0.2, 0.25) is 0 Å². The van der Waals surface area contributed by atoms with E-state index in [1.165, 1.54) is 6.92 Å². The molecule has 0 atom stereocenters. The molecule has 26 heavy (non-hydrogen) atoms. The van der Waals surface area contributed by atoms with Crippen molar-refractivity contribution in [1.29, 1.82) is 0 Å². The van der Waals surface area contributed by atoms with Crippen molar-refractivity contribution in [3.05, 3.63) is 63.2 Å². The third-order valence-electron chi connectivity index (χ3n) is 3.64. The van der Waals surface area contributed by atoms with Crippen LogP contribution in [0.1, 0.15) is 18.2 Å². The van der Waals surface area contributed by atoms with Crippen LogP contribution in [0.4, 0.5) is 0 Å². The quantitative estimate of drug-likeness (QED) is 0.389. The highest BCUT2D eigenvalue weighted by molar-refractivity contribution is 9.10. The van der Waals surface area contributed by atoms with Crippen LogP contribution in [0, 0.1) is 0 Å². The molecule has 6 heteroatoms. The molecule has 0 aliphatic carbocycles. The van der Waals surface area contributed by atoms with Gasteiger partial charge in [0.15, 0.2) is 5.75 Å². The van der Waals surface area contributed by atoms with E-state index in [0.29, 0.717) is 26.6 Å². The van der Waals surface area contributed by atoms with Gasteiger partial charge in [-0.2, -0.15) is 0 Å². The predicted molar refractivity (Wildman–Crippen MR) is 108 cm³/mol. The van der Waals surface area contributed by atoms with Crippen molar-refractivity contribution in [3.63, 3.8) is 0 Å². The molecule has 132 valence electrons. The number of hydrogen-bond acceptors (Lipinski definition) is 4. The molecule has 0 saturated carbocycles. The average molecular weight is 433 g/mol. The lowest BCUT2D eigenvalue weighted by Crippen LogP contribution is -2.03. The molecule has 0 spiro atoms. The van der Waals surface area contributed by atoms with Gasteiger partial charge < -0.3 is 9.47 Å². The molecule has 1 aromatic heterocycles. The van der Waals surface area contributed by atoms with Gasteiger partial charge in [0.25, 0.3) is 0 Å². The van der Waals surface area contributed by atoms with Crippen molar-refractivity contribution in [1.82, 2.24) is 4.98 Å². The van der Waals surface area contributed by atoms with E-state index in [9.17, 15) is 4.79 Å². The number of esters is 1. The zero-order chi connectivity index (χ0) is 18.7. The van der Waals surface area contributed by atoms with Crippen LogP contribution in [-0.4, -0.2) is 18.1 Å². The van der Waals surface area contributed by atoms with Crippen molar-refractivity contribution in [2.45, 2.75) is 6.92 Å². The Balaban J connectivity index is 2.02. The van der Waals surface area contributed by atoms with E-state index in [-0.39, 0.29) is 0 Å². The van der Waals surface area contributed by atoms with Crippen LogP contribution >= 0.6 is 27.5 Å². The summed E-state index contributed by atoms with van der Waals surface area (Å²) in [5, 5.41) is 1.52. The number of benzene rings is 2. The molecule has 3 aromatic rings. The summed E-state index contributed by atoms with van der Waals surface area (Å²) in [6.45, 7) is 1.35. The van der Waals surface area contributed by atoms with Crippen LogP contribution in [0.15, 0.2) is 46.9 Å². The lowest BCUT2D eigenvalue weighted by Gasteiger charge is -2.09. The summed E-state index contributed by atoms with van der Waals surface area (Å²) in [6.07, 6.45) is 3.63. The number of ether oxygens (including phenoxy) is 2. The normalized spacial score (nSPS) is 11.1. The maximum Gasteiger partial charge on any atom is 0.308 e. The summed E-state index contributed by atoms with van der Waals surface area (Å²) in [7, 11) is 1.62. The number of pyridine rings is 1. The van der Waals surface area contributed by atoms with Crippen LogP contribution in [0.3, 0.4) is 0 Å². The minimum absolute atomic E-state index is 0.406. The fourth-order valence-corrected chi connectivity index (χ4v) is 3.44. The molecule has 0 saturated heterocycles. The molecule has 0 bridgehead atoms. The molecule has 0 aliphatic rings. The lowest BCUT2D eigenvalue weighted by molar-refractivity contribution is -0.131. The number of rotatable bonds is 4. The predicted octanol–water partition coefficient (Wildman–Crippen LogP) is 5.76. The molecule has 0 aliphatic heterocycles. The molecule has 4 nitrogen and oxygen atoms in total. The fourth-order valence-electron chi connectivity index (χ4n) is 2.52. The first-order valence-electron chi connectivity index (χ1n) is 7.77. The van der Waals surface area contributed by atoms with Gasteiger partial charge in [-0.1, -0.05) is 29.8 Å². The first kappa shape index (κ1) is 18.4. The molecule has 0 fully saturated rings. The maximum absolute atomic E-state index is 11.4. The summed E-state index contributed by atoms with van der Waals surface area (Å²) in [6, 6.07) is 13.1. The van der Waals surface area contributed by atoms with Gasteiger partial charge in [-0.15, -0.1) is 0 Å². The number of para-hydroxylation sites is 1. The molecule has 0 amide bonds. The highest BCUT2D eigenvalue weighted by Crippen LogP contribution is 2.34. The number of fused-ring (bicyclic) bond motifs is 1. The third-order valence-corrected chi connectivity index (χ3v) is 4.45. The Morgan fingerprint density at radius 2 is 2.00 bits per heavy atom. The molecule has 0 N–H and O–H groups in total. The van der Waals surface area contributed by atoms with Crippen LogP contribution in [-0.2, 0) is 4.79 Å². The lowest BCUT2D eigenvalue weighted by atomic mass is 10.1. The highest BCUT2D eigenvalue weighted by atomic mass is 79.9. The van der Waals surface area contributed by atoms with Crippen LogP contribution < -0.4 is 9.47 Å². The summed E-state index contributed by atoms with van der Waals surface area (Å²) >= 11 is 9.50. The van der Waals surface area contributed by atoms with Gasteiger partial charge in [0.05, 0.1) is 17.3 Å². The van der Waals surface area contributed by atoms with Crippen molar-refractivity contribution in [2.24, 2.45) is 0 Å². The van der Waals surface area contributed by atoms with Crippen LogP contribution in [0.2, 0.25) is 5.02 Å². The highest BCUT2D eigenvalue weighted by Gasteiger charge is 2.11. The van der Waals surface area contributed by atoms with E-state index in [1.807, 2.05) is 36.4 Å². The number of nitrogens with zero attached hydrogens (tertiary/aromatic N) is 1. The number of methoxy groups -OCH3 is 1. The van der Waals surface area contributed by atoms with Gasteiger partial charge in [0, 0.05) is 22.9 Å². The Morgan fingerprint density at radius 1 is 1.19 bits per heavy atom. The van der Waals surface area contributed by atoms with Crippen LogP contribution in [0.5, 0.6) is 11.5 Å². The first-order valence-corrected chi connectivity index (χ1v) is 8.94. The van der Waals surface area contributed by atoms with Gasteiger partial charge in [-0.05, 0) is 52.3 Å². The van der Waals surface area contributed by atoms with Gasteiger partial charge in [-0.3, -0.25) is 4.79 Å². The van der Waals surface area contributed by atoms with E-state index >= 15 is 0 Å². The number of hydrogen-bond donors (Lipinski definition) is 0. The minimum atomic E-state index is -0.406. The molecular formula is C20H15BrClNO3. The molecule has 0 radical (unpaired) electrons. The average Bonchev–Trinajstić information content (AvgIpc) is 2.61. The maximum atomic E-state index is 11.4. The number of carbonyl (C=O) groups excluding carboxylic acids is 1. The van der Waals surface area contributed by atoms with Crippen molar-refractivity contribution in [3.8, 4) is 11.5 Å². The Kier molecular flexibility index (Phi) is 5.59. The van der Waals surface area contributed by atoms with E-state index < -0.39 is 5.97 Å². The fraction of sp³-hybridized carbons (Fsp3) is 0.100. The van der Waals surface area contributed by atoms with E-state index in [1.54, 1.807) is 25.3 Å². The van der Waals surface area contributed by atoms with E-state index in [2.05, 4.69) is 20.9 Å². The Labute approximate surface area is 164 Å². The zero-order valence-corrected chi connectivity index (χ0v) is 16.5. The largest absolute Gasteiger partial charge is 0.494 e. The topological polar surface area (TPSA) is 48.4 Å². The second kappa shape index (κ2) is 7.89. The van der Waals surface area contributed by atoms with Crippen LogP contribution in [0.25, 0.3) is 23.1 Å². The van der Waals surface area contributed by atoms with E-state index in [0.717, 1.165) is 16.6 Å². The van der Waals surface area contributed by atoms with Crippen molar-refractivity contribution < 1.29 is 14.3 Å². The number of carbonyl (C=O) groups is 1. The minimum Gasteiger partial charge on any atom is -0.494 e. The second-order valence-electron chi connectivity index (χ2n) is 5.50. The summed E-state index contributed by atoms with van der Waals surface area (Å²) in [5.74, 6) is 0.719. The van der Waals surface area contributed by atoms with Crippen molar-refractivity contribution >= 4 is 56.6 Å². The van der Waals surface area contributed by atoms with Gasteiger partial charge in [-0.25, -0.2) is 4.98 Å². The monoisotopic (exact) mass is 431 g/mol. The second-order valence-corrected chi connectivity index (χ2v) is 6.79. The Hall–Kier alpha value is -2.37. The zero-order valence-electron chi connectivity index (χ0n) is 14.1. The summed E-state index contributed by atoms with van der Waals surface area (Å²) in [4.78, 5) is 16.0. The van der Waals surface area contributed by atoms with Gasteiger partial charge in [0.1, 0.15) is 11.3 Å². The van der Waals surface area contributed by atoms with Crippen molar-refractivity contribution in [2.75, 3.05) is 7.11 Å². The standard InChI is InChI=1S/C20H15BrClNO3/c1-12(24)26-20-14(10-15(22)11-17(20)21)7-9-16-8-6-13-4-3-5-18(25-2)19(13)23-16/h3-11H,1-2H3. The Bertz CT molecular complexity index is 1020. The van der Waals surface area contributed by atoms with E-state index in [4.69, 9.17) is 21.1 Å². The molecule has 1 heterocycles. The molecule has 0 unspecified atom stereocenters. The summed E-state index contributed by atoms with van der Waals surface area (Å²) in [5.41, 5.74) is 2.19.